The quantitative estimate of drug-likeness (QED) is 0.336. The smallest absolute Gasteiger partial charge is 0.250 e. The molecule has 36 heavy (non-hydrogen) atoms. The van der Waals surface area contributed by atoms with Crippen molar-refractivity contribution in [3.8, 4) is 5.75 Å². The summed E-state index contributed by atoms with van der Waals surface area (Å²) >= 11 is 0. The fourth-order valence-corrected chi connectivity index (χ4v) is 8.96. The Bertz CT molecular complexity index is 1290. The molecule has 6 rings (SSSR count). The molecule has 0 unspecified atom stereocenters. The van der Waals surface area contributed by atoms with Crippen LogP contribution in [0.1, 0.15) is 88.3 Å². The zero-order valence-corrected chi connectivity index (χ0v) is 24.1. The Labute approximate surface area is 219 Å². The number of rotatable bonds is 3. The maximum absolute atomic E-state index is 6.68. The molecule has 3 heteroatoms. The molecule has 0 saturated heterocycles. The highest BCUT2D eigenvalue weighted by Crippen LogP contribution is 2.65. The Morgan fingerprint density at radius 3 is 2.58 bits per heavy atom. The molecule has 3 aliphatic rings. The van der Waals surface area contributed by atoms with Crippen molar-refractivity contribution >= 4 is 19.1 Å². The van der Waals surface area contributed by atoms with Gasteiger partial charge in [-0.05, 0) is 132 Å². The van der Waals surface area contributed by atoms with E-state index in [9.17, 15) is 0 Å². The lowest BCUT2D eigenvalue weighted by molar-refractivity contribution is 0.0482. The van der Waals surface area contributed by atoms with E-state index >= 15 is 0 Å². The second-order valence-electron chi connectivity index (χ2n) is 13.8. The van der Waals surface area contributed by atoms with Gasteiger partial charge in [0.15, 0.2) is 0 Å². The molecule has 5 atom stereocenters. The standard InChI is InChI=1S/C33H43NOSi/c1-32(2,3)36(5,6)35-26-10-12-27-23(20-26)9-11-29-28(27)15-17-33(4)30(13-14-31(29)33)24-8-7-22-16-18-34-21-25(22)19-24/h7-8,10,12,16,18-21,28-31H,9,11,13-15,17H2,1-6H3/t28-,29-,30+,31+,33-/m1/s1. The van der Waals surface area contributed by atoms with E-state index in [4.69, 9.17) is 4.43 Å². The Hall–Kier alpha value is -2.13. The number of aryl methyl sites for hydroxylation is 1. The van der Waals surface area contributed by atoms with Gasteiger partial charge in [0, 0.05) is 17.8 Å². The van der Waals surface area contributed by atoms with E-state index in [1.807, 2.05) is 12.4 Å². The van der Waals surface area contributed by atoms with Crippen molar-refractivity contribution in [2.24, 2.45) is 17.3 Å². The first-order chi connectivity index (χ1) is 17.1. The molecule has 0 aliphatic heterocycles. The summed E-state index contributed by atoms with van der Waals surface area (Å²) in [5.74, 6) is 4.17. The van der Waals surface area contributed by atoms with Crippen LogP contribution in [0.4, 0.5) is 0 Å². The number of hydrogen-bond donors (Lipinski definition) is 0. The molecule has 190 valence electrons. The van der Waals surface area contributed by atoms with E-state index < -0.39 is 8.32 Å². The number of nitrogens with zero attached hydrogens (tertiary/aromatic N) is 1. The van der Waals surface area contributed by atoms with E-state index in [1.165, 1.54) is 49.3 Å². The van der Waals surface area contributed by atoms with E-state index in [-0.39, 0.29) is 5.04 Å². The summed E-state index contributed by atoms with van der Waals surface area (Å²) in [6.07, 6.45) is 11.9. The fourth-order valence-electron chi connectivity index (χ4n) is 7.94. The Morgan fingerprint density at radius 2 is 1.78 bits per heavy atom. The number of aromatic nitrogens is 1. The first-order valence-corrected chi connectivity index (χ1v) is 17.1. The SMILES string of the molecule is CC(C)(C)[Si](C)(C)Oc1ccc2c(c1)CC[C@@H]1[C@@H]2CC[C@]2(C)[C@H](c3ccc4ccncc4c3)CC[C@@H]12. The summed E-state index contributed by atoms with van der Waals surface area (Å²) in [7, 11) is -1.81. The van der Waals surface area contributed by atoms with Gasteiger partial charge in [0.05, 0.1) is 0 Å². The van der Waals surface area contributed by atoms with Crippen LogP contribution in [0.2, 0.25) is 18.1 Å². The van der Waals surface area contributed by atoms with Gasteiger partial charge in [-0.2, -0.15) is 0 Å². The van der Waals surface area contributed by atoms with Gasteiger partial charge in [-0.3, -0.25) is 4.98 Å². The van der Waals surface area contributed by atoms with Crippen LogP contribution in [0.3, 0.4) is 0 Å². The Balaban J connectivity index is 1.25. The van der Waals surface area contributed by atoms with Gasteiger partial charge in [-0.1, -0.05) is 45.9 Å². The minimum Gasteiger partial charge on any atom is -0.543 e. The molecule has 3 aromatic rings. The average molecular weight is 498 g/mol. The summed E-state index contributed by atoms with van der Waals surface area (Å²) in [6.45, 7) is 14.3. The van der Waals surface area contributed by atoms with Crippen LogP contribution >= 0.6 is 0 Å². The van der Waals surface area contributed by atoms with E-state index in [0.29, 0.717) is 11.3 Å². The normalized spacial score (nSPS) is 29.9. The maximum Gasteiger partial charge on any atom is 0.250 e. The minimum absolute atomic E-state index is 0.225. The van der Waals surface area contributed by atoms with Crippen molar-refractivity contribution in [2.45, 2.75) is 96.2 Å². The van der Waals surface area contributed by atoms with Gasteiger partial charge in [0.2, 0.25) is 8.32 Å². The van der Waals surface area contributed by atoms with Crippen LogP contribution in [-0.2, 0) is 6.42 Å². The number of fused-ring (bicyclic) bond motifs is 6. The molecule has 2 nitrogen and oxygen atoms in total. The molecular formula is C33H43NOSi. The van der Waals surface area contributed by atoms with Crippen molar-refractivity contribution < 1.29 is 4.43 Å². The van der Waals surface area contributed by atoms with Crippen LogP contribution in [0.15, 0.2) is 54.9 Å². The summed E-state index contributed by atoms with van der Waals surface area (Å²) in [5, 5.41) is 2.82. The molecule has 0 spiro atoms. The zero-order chi connectivity index (χ0) is 25.3. The highest BCUT2D eigenvalue weighted by Gasteiger charge is 2.55. The van der Waals surface area contributed by atoms with E-state index in [2.05, 4.69) is 88.2 Å². The van der Waals surface area contributed by atoms with Gasteiger partial charge in [0.25, 0.3) is 0 Å². The second-order valence-corrected chi connectivity index (χ2v) is 18.5. The van der Waals surface area contributed by atoms with Crippen molar-refractivity contribution in [3.05, 3.63) is 71.5 Å². The van der Waals surface area contributed by atoms with Crippen LogP contribution < -0.4 is 4.43 Å². The largest absolute Gasteiger partial charge is 0.543 e. The molecule has 1 heterocycles. The highest BCUT2D eigenvalue weighted by molar-refractivity contribution is 6.74. The number of pyridine rings is 1. The summed E-state index contributed by atoms with van der Waals surface area (Å²) < 4.78 is 6.68. The van der Waals surface area contributed by atoms with Crippen LogP contribution in [0.5, 0.6) is 5.75 Å². The molecule has 0 bridgehead atoms. The number of hydrogen-bond acceptors (Lipinski definition) is 2. The summed E-state index contributed by atoms with van der Waals surface area (Å²) in [4.78, 5) is 4.39. The number of benzene rings is 2. The minimum atomic E-state index is -1.81. The van der Waals surface area contributed by atoms with Crippen LogP contribution in [0.25, 0.3) is 10.8 Å². The highest BCUT2D eigenvalue weighted by atomic mass is 28.4. The van der Waals surface area contributed by atoms with Crippen molar-refractivity contribution in [1.29, 1.82) is 0 Å². The average Bonchev–Trinajstić information content (AvgIpc) is 3.19. The molecule has 3 aliphatic carbocycles. The Morgan fingerprint density at radius 1 is 0.944 bits per heavy atom. The maximum atomic E-state index is 6.68. The van der Waals surface area contributed by atoms with E-state index in [0.717, 1.165) is 23.5 Å². The molecule has 0 N–H and O–H groups in total. The molecule has 2 saturated carbocycles. The topological polar surface area (TPSA) is 22.1 Å². The molecule has 2 fully saturated rings. The first kappa shape index (κ1) is 24.2. The van der Waals surface area contributed by atoms with Crippen molar-refractivity contribution in [2.75, 3.05) is 0 Å². The molecule has 1 aromatic heterocycles. The van der Waals surface area contributed by atoms with Crippen LogP contribution in [0, 0.1) is 17.3 Å². The second kappa shape index (κ2) is 8.44. The van der Waals surface area contributed by atoms with Gasteiger partial charge >= 0.3 is 0 Å². The lowest BCUT2D eigenvalue weighted by Gasteiger charge is -2.51. The molecular weight excluding hydrogens is 454 g/mol. The van der Waals surface area contributed by atoms with Crippen LogP contribution in [-0.4, -0.2) is 13.3 Å². The third-order valence-corrected chi connectivity index (χ3v) is 15.3. The van der Waals surface area contributed by atoms with Gasteiger partial charge < -0.3 is 4.43 Å². The monoisotopic (exact) mass is 497 g/mol. The summed E-state index contributed by atoms with van der Waals surface area (Å²) in [5.41, 5.74) is 5.16. The van der Waals surface area contributed by atoms with Crippen molar-refractivity contribution in [3.63, 3.8) is 0 Å². The van der Waals surface area contributed by atoms with E-state index in [1.54, 1.807) is 16.7 Å². The van der Waals surface area contributed by atoms with Gasteiger partial charge in [-0.25, -0.2) is 0 Å². The van der Waals surface area contributed by atoms with Gasteiger partial charge in [-0.15, -0.1) is 0 Å². The zero-order valence-electron chi connectivity index (χ0n) is 23.1. The summed E-state index contributed by atoms with van der Waals surface area (Å²) in [6, 6.07) is 16.4. The Kier molecular flexibility index (Phi) is 5.68. The first-order valence-electron chi connectivity index (χ1n) is 14.2. The molecule has 2 aromatic carbocycles. The predicted octanol–water partition coefficient (Wildman–Crippen LogP) is 9.26. The lowest BCUT2D eigenvalue weighted by Crippen LogP contribution is -2.44. The molecule has 0 amide bonds. The van der Waals surface area contributed by atoms with Crippen molar-refractivity contribution in [1.82, 2.24) is 4.98 Å². The third kappa shape index (κ3) is 3.84. The third-order valence-electron chi connectivity index (χ3n) is 10.9. The molecule has 0 radical (unpaired) electrons. The fraction of sp³-hybridized carbons (Fsp3) is 0.545. The predicted molar refractivity (Wildman–Crippen MR) is 153 cm³/mol. The lowest BCUT2D eigenvalue weighted by atomic mass is 9.53. The van der Waals surface area contributed by atoms with Gasteiger partial charge in [0.1, 0.15) is 5.75 Å².